The molecule has 0 spiro atoms. The lowest BCUT2D eigenvalue weighted by atomic mass is 10.1. The van der Waals surface area contributed by atoms with Gasteiger partial charge in [-0.05, 0) is 26.8 Å². The molecule has 15 heavy (non-hydrogen) atoms. The zero-order valence-electron chi connectivity index (χ0n) is 10.2. The Kier molecular flexibility index (Phi) is 3.73. The van der Waals surface area contributed by atoms with Gasteiger partial charge in [-0.25, -0.2) is 0 Å². The summed E-state index contributed by atoms with van der Waals surface area (Å²) in [6.07, 6.45) is 0.874. The molecule has 1 unspecified atom stereocenters. The average Bonchev–Trinajstić information content (AvgIpc) is 2.43. The Morgan fingerprint density at radius 1 is 1.60 bits per heavy atom. The number of rotatable bonds is 4. The van der Waals surface area contributed by atoms with E-state index in [1.165, 1.54) is 0 Å². The van der Waals surface area contributed by atoms with Crippen molar-refractivity contribution in [3.8, 4) is 0 Å². The fourth-order valence-electron chi connectivity index (χ4n) is 2.08. The first-order valence-electron chi connectivity index (χ1n) is 5.56. The van der Waals surface area contributed by atoms with Crippen molar-refractivity contribution in [2.24, 2.45) is 0 Å². The Morgan fingerprint density at radius 3 is 2.53 bits per heavy atom. The van der Waals surface area contributed by atoms with Crippen LogP contribution in [-0.2, 0) is 4.79 Å². The molecule has 0 aromatic carbocycles. The fourth-order valence-corrected chi connectivity index (χ4v) is 2.08. The highest BCUT2D eigenvalue weighted by molar-refractivity contribution is 5.83. The maximum Gasteiger partial charge on any atom is 0.239 e. The van der Waals surface area contributed by atoms with Gasteiger partial charge in [0.15, 0.2) is 0 Å². The Labute approximate surface area is 91.9 Å². The highest BCUT2D eigenvalue weighted by atomic mass is 16.3. The molecule has 0 bridgehead atoms. The summed E-state index contributed by atoms with van der Waals surface area (Å²) in [5, 5.41) is 9.77. The van der Waals surface area contributed by atoms with Gasteiger partial charge in [0.1, 0.15) is 0 Å². The number of likely N-dealkylation sites (tertiary alicyclic amines) is 1. The average molecular weight is 214 g/mol. The van der Waals surface area contributed by atoms with Gasteiger partial charge in [-0.2, -0.15) is 0 Å². The minimum absolute atomic E-state index is 0.0357. The maximum atomic E-state index is 11.8. The number of carbonyl (C=O) groups excluding carboxylic acids is 1. The van der Waals surface area contributed by atoms with Crippen LogP contribution in [0.15, 0.2) is 0 Å². The van der Waals surface area contributed by atoms with E-state index in [4.69, 9.17) is 0 Å². The summed E-state index contributed by atoms with van der Waals surface area (Å²) in [5.41, 5.74) is -0.739. The number of hydrogen-bond donors (Lipinski definition) is 1. The van der Waals surface area contributed by atoms with Gasteiger partial charge in [-0.1, -0.05) is 6.92 Å². The normalized spacial score (nSPS) is 22.9. The van der Waals surface area contributed by atoms with E-state index in [9.17, 15) is 9.90 Å². The van der Waals surface area contributed by atoms with Crippen molar-refractivity contribution in [1.82, 2.24) is 9.80 Å². The van der Waals surface area contributed by atoms with Gasteiger partial charge in [0, 0.05) is 20.1 Å². The van der Waals surface area contributed by atoms with Crippen molar-refractivity contribution >= 4 is 5.91 Å². The second-order valence-electron chi connectivity index (χ2n) is 4.94. The predicted molar refractivity (Wildman–Crippen MR) is 59.6 cm³/mol. The molecular formula is C11H22N2O2. The van der Waals surface area contributed by atoms with Crippen LogP contribution in [0.1, 0.15) is 27.2 Å². The molecule has 1 saturated heterocycles. The molecule has 0 aliphatic carbocycles. The van der Waals surface area contributed by atoms with Crippen LogP contribution in [0.2, 0.25) is 0 Å². The number of aliphatic hydroxyl groups is 1. The van der Waals surface area contributed by atoms with E-state index in [2.05, 4.69) is 4.90 Å². The molecule has 0 saturated carbocycles. The first kappa shape index (κ1) is 12.5. The fraction of sp³-hybridized carbons (Fsp3) is 0.909. The highest BCUT2D eigenvalue weighted by Gasteiger charge is 2.35. The largest absolute Gasteiger partial charge is 0.389 e. The third-order valence-corrected chi connectivity index (χ3v) is 2.84. The molecule has 1 heterocycles. The second-order valence-corrected chi connectivity index (χ2v) is 4.94. The first-order chi connectivity index (χ1) is 6.85. The molecule has 1 aliphatic rings. The van der Waals surface area contributed by atoms with Crippen LogP contribution in [0.5, 0.6) is 0 Å². The molecule has 0 aromatic rings. The van der Waals surface area contributed by atoms with Gasteiger partial charge in [0.25, 0.3) is 0 Å². The molecule has 0 radical (unpaired) electrons. The lowest BCUT2D eigenvalue weighted by Gasteiger charge is -2.31. The molecule has 1 N–H and O–H groups in total. The van der Waals surface area contributed by atoms with E-state index in [1.54, 1.807) is 18.7 Å². The van der Waals surface area contributed by atoms with Gasteiger partial charge in [0.2, 0.25) is 5.91 Å². The van der Waals surface area contributed by atoms with E-state index in [0.29, 0.717) is 6.54 Å². The SMILES string of the molecule is CCN(CC(C)(C)O)C1CCN(C)C1=O. The molecule has 1 fully saturated rings. The summed E-state index contributed by atoms with van der Waals surface area (Å²) in [4.78, 5) is 15.6. The van der Waals surface area contributed by atoms with Gasteiger partial charge >= 0.3 is 0 Å². The molecule has 0 aromatic heterocycles. The van der Waals surface area contributed by atoms with E-state index in [0.717, 1.165) is 19.5 Å². The van der Waals surface area contributed by atoms with E-state index >= 15 is 0 Å². The lowest BCUT2D eigenvalue weighted by molar-refractivity contribution is -0.131. The summed E-state index contributed by atoms with van der Waals surface area (Å²) in [7, 11) is 1.83. The third kappa shape index (κ3) is 3.18. The van der Waals surface area contributed by atoms with Crippen LogP contribution in [0, 0.1) is 0 Å². The van der Waals surface area contributed by atoms with E-state index < -0.39 is 5.60 Å². The Morgan fingerprint density at radius 2 is 2.20 bits per heavy atom. The smallest absolute Gasteiger partial charge is 0.239 e. The Hall–Kier alpha value is -0.610. The minimum atomic E-state index is -0.739. The summed E-state index contributed by atoms with van der Waals surface area (Å²) in [5.74, 6) is 0.182. The molecule has 1 rings (SSSR count). The number of likely N-dealkylation sites (N-methyl/N-ethyl adjacent to an activating group) is 2. The molecular weight excluding hydrogens is 192 g/mol. The van der Waals surface area contributed by atoms with Crippen LogP contribution in [-0.4, -0.2) is 59.1 Å². The molecule has 4 nitrogen and oxygen atoms in total. The summed E-state index contributed by atoms with van der Waals surface area (Å²) >= 11 is 0. The maximum absolute atomic E-state index is 11.8. The number of carbonyl (C=O) groups is 1. The van der Waals surface area contributed by atoms with Crippen molar-refractivity contribution in [2.45, 2.75) is 38.8 Å². The van der Waals surface area contributed by atoms with E-state index in [-0.39, 0.29) is 11.9 Å². The minimum Gasteiger partial charge on any atom is -0.389 e. The van der Waals surface area contributed by atoms with Gasteiger partial charge in [-0.15, -0.1) is 0 Å². The number of amides is 1. The van der Waals surface area contributed by atoms with Crippen LogP contribution in [0.3, 0.4) is 0 Å². The van der Waals surface area contributed by atoms with Crippen LogP contribution >= 0.6 is 0 Å². The van der Waals surface area contributed by atoms with Crippen LogP contribution < -0.4 is 0 Å². The van der Waals surface area contributed by atoms with Crippen molar-refractivity contribution in [3.05, 3.63) is 0 Å². The van der Waals surface area contributed by atoms with E-state index in [1.807, 2.05) is 14.0 Å². The first-order valence-corrected chi connectivity index (χ1v) is 5.56. The third-order valence-electron chi connectivity index (χ3n) is 2.84. The molecule has 1 aliphatic heterocycles. The Balaban J connectivity index is 2.63. The van der Waals surface area contributed by atoms with Crippen molar-refractivity contribution < 1.29 is 9.90 Å². The summed E-state index contributed by atoms with van der Waals surface area (Å²) in [6, 6.07) is -0.0357. The Bertz CT molecular complexity index is 235. The standard InChI is InChI=1S/C11H22N2O2/c1-5-13(8-11(2,3)15)9-6-7-12(4)10(9)14/h9,15H,5-8H2,1-4H3. The zero-order valence-corrected chi connectivity index (χ0v) is 10.2. The molecule has 1 amide bonds. The van der Waals surface area contributed by atoms with Gasteiger partial charge < -0.3 is 10.0 Å². The monoisotopic (exact) mass is 214 g/mol. The van der Waals surface area contributed by atoms with Crippen LogP contribution in [0.25, 0.3) is 0 Å². The second kappa shape index (κ2) is 4.49. The highest BCUT2D eigenvalue weighted by Crippen LogP contribution is 2.18. The zero-order chi connectivity index (χ0) is 11.6. The topological polar surface area (TPSA) is 43.8 Å². The molecule has 4 heteroatoms. The van der Waals surface area contributed by atoms with Crippen molar-refractivity contribution in [1.29, 1.82) is 0 Å². The summed E-state index contributed by atoms with van der Waals surface area (Å²) in [6.45, 7) is 7.75. The lowest BCUT2D eigenvalue weighted by Crippen LogP contribution is -2.47. The van der Waals surface area contributed by atoms with Gasteiger partial charge in [-0.3, -0.25) is 9.69 Å². The quantitative estimate of drug-likeness (QED) is 0.732. The number of nitrogens with zero attached hydrogens (tertiary/aromatic N) is 2. The molecule has 1 atom stereocenters. The van der Waals surface area contributed by atoms with Crippen LogP contribution in [0.4, 0.5) is 0 Å². The van der Waals surface area contributed by atoms with Crippen molar-refractivity contribution in [2.75, 3.05) is 26.7 Å². The predicted octanol–water partition coefficient (Wildman–Crippen LogP) is 0.310. The van der Waals surface area contributed by atoms with Crippen molar-refractivity contribution in [3.63, 3.8) is 0 Å². The number of hydrogen-bond acceptors (Lipinski definition) is 3. The summed E-state index contributed by atoms with van der Waals surface area (Å²) < 4.78 is 0. The molecule has 88 valence electrons. The van der Waals surface area contributed by atoms with Gasteiger partial charge in [0.05, 0.1) is 11.6 Å².